The normalized spacial score (nSPS) is 16.3. The first kappa shape index (κ1) is 13.6. The number of carbonyl (C=O) groups is 1. The topological polar surface area (TPSA) is 33.2 Å². The minimum absolute atomic E-state index is 0.297. The Morgan fingerprint density at radius 2 is 1.90 bits per heavy atom. The number of amides is 1. The molecule has 4 heteroatoms. The second-order valence-electron chi connectivity index (χ2n) is 5.37. The third-order valence-electron chi connectivity index (χ3n) is 3.85. The quantitative estimate of drug-likeness (QED) is 0.864. The lowest BCUT2D eigenvalue weighted by Crippen LogP contribution is -2.31. The Labute approximate surface area is 123 Å². The zero-order valence-electron chi connectivity index (χ0n) is 11.7. The van der Waals surface area contributed by atoms with E-state index >= 15 is 0 Å². The van der Waals surface area contributed by atoms with E-state index in [1.54, 1.807) is 11.3 Å². The van der Waals surface area contributed by atoms with E-state index in [1.807, 2.05) is 23.1 Å². The molecule has 0 N–H and O–H groups in total. The number of hydrogen-bond donors (Lipinski definition) is 0. The minimum atomic E-state index is 0.297. The molecule has 3 nitrogen and oxygen atoms in total. The van der Waals surface area contributed by atoms with Gasteiger partial charge in [-0.3, -0.25) is 4.79 Å². The summed E-state index contributed by atoms with van der Waals surface area (Å²) < 4.78 is 1.21. The van der Waals surface area contributed by atoms with Crippen LogP contribution in [0.25, 0.3) is 10.2 Å². The van der Waals surface area contributed by atoms with Crippen LogP contribution in [0.3, 0.4) is 0 Å². The van der Waals surface area contributed by atoms with Gasteiger partial charge >= 0.3 is 0 Å². The van der Waals surface area contributed by atoms with E-state index in [-0.39, 0.29) is 0 Å². The van der Waals surface area contributed by atoms with Crippen LogP contribution in [0.2, 0.25) is 0 Å². The average molecular weight is 288 g/mol. The van der Waals surface area contributed by atoms with Crippen LogP contribution in [0, 0.1) is 0 Å². The van der Waals surface area contributed by atoms with Gasteiger partial charge in [0.25, 0.3) is 0 Å². The lowest BCUT2D eigenvalue weighted by Gasteiger charge is -2.19. The van der Waals surface area contributed by atoms with Gasteiger partial charge in [-0.05, 0) is 25.0 Å². The summed E-state index contributed by atoms with van der Waals surface area (Å²) in [5.74, 6) is 0.297. The predicted octanol–water partition coefficient (Wildman–Crippen LogP) is 3.63. The molecule has 1 aliphatic heterocycles. The number of hydrogen-bond acceptors (Lipinski definition) is 3. The number of para-hydroxylation sites is 1. The molecule has 20 heavy (non-hydrogen) atoms. The monoisotopic (exact) mass is 288 g/mol. The van der Waals surface area contributed by atoms with Gasteiger partial charge in [0.15, 0.2) is 0 Å². The molecule has 0 spiro atoms. The number of fused-ring (bicyclic) bond motifs is 1. The number of likely N-dealkylation sites (tertiary alicyclic amines) is 1. The van der Waals surface area contributed by atoms with E-state index in [1.165, 1.54) is 17.5 Å². The van der Waals surface area contributed by atoms with Crippen molar-refractivity contribution in [3.8, 4) is 0 Å². The Bertz CT molecular complexity index is 552. The van der Waals surface area contributed by atoms with Gasteiger partial charge in [0.1, 0.15) is 0 Å². The molecule has 1 aromatic heterocycles. The van der Waals surface area contributed by atoms with Gasteiger partial charge in [-0.1, -0.05) is 25.0 Å². The molecule has 1 aliphatic rings. The fourth-order valence-electron chi connectivity index (χ4n) is 2.72. The molecule has 1 amide bonds. The Morgan fingerprint density at radius 3 is 2.65 bits per heavy atom. The second-order valence-corrected chi connectivity index (χ2v) is 6.49. The Kier molecular flexibility index (Phi) is 4.31. The van der Waals surface area contributed by atoms with Crippen molar-refractivity contribution in [1.82, 2.24) is 9.88 Å². The largest absolute Gasteiger partial charge is 0.343 e. The van der Waals surface area contributed by atoms with Crippen molar-refractivity contribution in [3.05, 3.63) is 29.3 Å². The first-order valence-electron chi connectivity index (χ1n) is 7.45. The number of carbonyl (C=O) groups excluding carboxylic acids is 1. The van der Waals surface area contributed by atoms with Crippen molar-refractivity contribution in [1.29, 1.82) is 0 Å². The molecular formula is C16H20N2OS. The molecule has 1 saturated heterocycles. The summed E-state index contributed by atoms with van der Waals surface area (Å²) in [5.41, 5.74) is 1.05. The van der Waals surface area contributed by atoms with Crippen molar-refractivity contribution in [2.75, 3.05) is 13.1 Å². The minimum Gasteiger partial charge on any atom is -0.343 e. The first-order chi connectivity index (χ1) is 9.83. The van der Waals surface area contributed by atoms with Gasteiger partial charge in [0.2, 0.25) is 5.91 Å². The average Bonchev–Trinajstić information content (AvgIpc) is 2.69. The van der Waals surface area contributed by atoms with Gasteiger partial charge in [-0.25, -0.2) is 4.98 Å². The summed E-state index contributed by atoms with van der Waals surface area (Å²) in [6, 6.07) is 8.17. The van der Waals surface area contributed by atoms with Crippen molar-refractivity contribution < 1.29 is 4.79 Å². The van der Waals surface area contributed by atoms with Gasteiger partial charge in [-0.15, -0.1) is 11.3 Å². The lowest BCUT2D eigenvalue weighted by molar-refractivity contribution is -0.131. The molecule has 0 bridgehead atoms. The van der Waals surface area contributed by atoms with Gasteiger partial charge in [-0.2, -0.15) is 0 Å². The van der Waals surface area contributed by atoms with E-state index in [2.05, 4.69) is 11.1 Å². The van der Waals surface area contributed by atoms with Crippen LogP contribution < -0.4 is 0 Å². The highest BCUT2D eigenvalue weighted by Crippen LogP contribution is 2.22. The molecule has 1 aromatic carbocycles. The van der Waals surface area contributed by atoms with Crippen molar-refractivity contribution >= 4 is 27.5 Å². The molecule has 3 rings (SSSR count). The summed E-state index contributed by atoms with van der Waals surface area (Å²) in [5, 5.41) is 1.08. The van der Waals surface area contributed by atoms with E-state index in [9.17, 15) is 4.79 Å². The number of aromatic nitrogens is 1. The zero-order chi connectivity index (χ0) is 13.8. The number of nitrogens with zero attached hydrogens (tertiary/aromatic N) is 2. The third-order valence-corrected chi connectivity index (χ3v) is 4.95. The molecule has 2 aromatic rings. The molecule has 106 valence electrons. The number of aryl methyl sites for hydroxylation is 1. The maximum absolute atomic E-state index is 12.2. The number of benzene rings is 1. The maximum Gasteiger partial charge on any atom is 0.222 e. The Morgan fingerprint density at radius 1 is 1.15 bits per heavy atom. The molecule has 1 fully saturated rings. The molecule has 0 aliphatic carbocycles. The van der Waals surface area contributed by atoms with E-state index < -0.39 is 0 Å². The maximum atomic E-state index is 12.2. The van der Waals surface area contributed by atoms with Crippen LogP contribution >= 0.6 is 11.3 Å². The van der Waals surface area contributed by atoms with Crippen LogP contribution in [0.1, 0.15) is 37.1 Å². The molecule has 0 saturated carbocycles. The summed E-state index contributed by atoms with van der Waals surface area (Å²) in [4.78, 5) is 18.9. The van der Waals surface area contributed by atoms with E-state index in [4.69, 9.17) is 0 Å². The Balaban J connectivity index is 1.59. The molecule has 0 radical (unpaired) electrons. The number of rotatable bonds is 3. The van der Waals surface area contributed by atoms with Crippen molar-refractivity contribution in [2.24, 2.45) is 0 Å². The van der Waals surface area contributed by atoms with Crippen LogP contribution in [0.5, 0.6) is 0 Å². The molecule has 2 heterocycles. The molecule has 0 atom stereocenters. The molecule has 0 unspecified atom stereocenters. The van der Waals surface area contributed by atoms with Crippen LogP contribution in [-0.4, -0.2) is 28.9 Å². The van der Waals surface area contributed by atoms with E-state index in [0.717, 1.165) is 42.9 Å². The summed E-state index contributed by atoms with van der Waals surface area (Å²) in [6.07, 6.45) is 6.22. The Hall–Kier alpha value is -1.42. The van der Waals surface area contributed by atoms with Crippen LogP contribution in [-0.2, 0) is 11.2 Å². The first-order valence-corrected chi connectivity index (χ1v) is 8.27. The predicted molar refractivity (Wildman–Crippen MR) is 83.0 cm³/mol. The van der Waals surface area contributed by atoms with Gasteiger partial charge in [0, 0.05) is 25.9 Å². The summed E-state index contributed by atoms with van der Waals surface area (Å²) in [7, 11) is 0. The highest BCUT2D eigenvalue weighted by atomic mass is 32.1. The zero-order valence-corrected chi connectivity index (χ0v) is 12.5. The molecular weight excluding hydrogens is 268 g/mol. The van der Waals surface area contributed by atoms with E-state index in [0.29, 0.717) is 12.3 Å². The van der Waals surface area contributed by atoms with Crippen LogP contribution in [0.4, 0.5) is 0 Å². The second kappa shape index (κ2) is 6.35. The SMILES string of the molecule is O=C(CCc1nc2ccccc2s1)N1CCCCCC1. The fourth-order valence-corrected chi connectivity index (χ4v) is 3.69. The summed E-state index contributed by atoms with van der Waals surface area (Å²) >= 11 is 1.71. The highest BCUT2D eigenvalue weighted by Gasteiger charge is 2.15. The lowest BCUT2D eigenvalue weighted by atomic mass is 10.2. The van der Waals surface area contributed by atoms with Crippen molar-refractivity contribution in [3.63, 3.8) is 0 Å². The fraction of sp³-hybridized carbons (Fsp3) is 0.500. The third kappa shape index (κ3) is 3.18. The van der Waals surface area contributed by atoms with Gasteiger partial charge in [0.05, 0.1) is 15.2 Å². The highest BCUT2D eigenvalue weighted by molar-refractivity contribution is 7.18. The van der Waals surface area contributed by atoms with Crippen LogP contribution in [0.15, 0.2) is 24.3 Å². The van der Waals surface area contributed by atoms with Crippen molar-refractivity contribution in [2.45, 2.75) is 38.5 Å². The summed E-state index contributed by atoms with van der Waals surface area (Å²) in [6.45, 7) is 1.89. The standard InChI is InChI=1S/C16H20N2OS/c19-16(18-11-5-1-2-6-12-18)10-9-15-17-13-7-3-4-8-14(13)20-15/h3-4,7-8H,1-2,5-6,9-12H2. The number of thiazole rings is 1. The smallest absolute Gasteiger partial charge is 0.222 e. The van der Waals surface area contributed by atoms with Gasteiger partial charge < -0.3 is 4.90 Å².